The second kappa shape index (κ2) is 7.00. The van der Waals surface area contributed by atoms with E-state index in [4.69, 9.17) is 4.98 Å². The zero-order valence-electron chi connectivity index (χ0n) is 15.5. The SMILES string of the molecule is Cc1ccc2nc(NC(=O)CC3CSc4nc5c(c(=O)n43)CCCC5)sc2c1. The first-order valence-electron chi connectivity index (χ1n) is 9.52. The molecule has 1 unspecified atom stereocenters. The van der Waals surface area contributed by atoms with Crippen LogP contribution in [0.1, 0.15) is 42.1 Å². The molecule has 5 rings (SSSR count). The van der Waals surface area contributed by atoms with E-state index in [9.17, 15) is 9.59 Å². The first-order valence-corrected chi connectivity index (χ1v) is 11.3. The molecule has 0 saturated carbocycles. The smallest absolute Gasteiger partial charge is 0.257 e. The van der Waals surface area contributed by atoms with E-state index in [1.807, 2.05) is 19.1 Å². The van der Waals surface area contributed by atoms with Gasteiger partial charge in [-0.2, -0.15) is 0 Å². The normalized spacial score (nSPS) is 18.1. The summed E-state index contributed by atoms with van der Waals surface area (Å²) in [6.07, 6.45) is 4.09. The Morgan fingerprint density at radius 2 is 2.14 bits per heavy atom. The third-order valence-electron chi connectivity index (χ3n) is 5.33. The van der Waals surface area contributed by atoms with Gasteiger partial charge in [0, 0.05) is 17.7 Å². The maximum absolute atomic E-state index is 13.0. The Labute approximate surface area is 170 Å². The molecule has 0 spiro atoms. The number of fused-ring (bicyclic) bond motifs is 3. The molecule has 0 saturated heterocycles. The number of hydrogen-bond acceptors (Lipinski definition) is 6. The van der Waals surface area contributed by atoms with Gasteiger partial charge in [0.05, 0.1) is 22.0 Å². The molecule has 144 valence electrons. The molecule has 0 radical (unpaired) electrons. The molecule has 1 N–H and O–H groups in total. The van der Waals surface area contributed by atoms with E-state index in [1.165, 1.54) is 16.9 Å². The molecular formula is C20H20N4O2S2. The highest BCUT2D eigenvalue weighted by Gasteiger charge is 2.30. The molecule has 28 heavy (non-hydrogen) atoms. The molecule has 2 aliphatic rings. The molecule has 1 atom stereocenters. The summed E-state index contributed by atoms with van der Waals surface area (Å²) < 4.78 is 2.81. The molecule has 0 fully saturated rings. The van der Waals surface area contributed by atoms with Crippen LogP contribution in [-0.4, -0.2) is 26.2 Å². The number of amides is 1. The quantitative estimate of drug-likeness (QED) is 0.664. The Morgan fingerprint density at radius 3 is 3.04 bits per heavy atom. The Morgan fingerprint density at radius 1 is 1.29 bits per heavy atom. The van der Waals surface area contributed by atoms with Gasteiger partial charge in [-0.3, -0.25) is 14.2 Å². The number of carbonyl (C=O) groups is 1. The van der Waals surface area contributed by atoms with Crippen molar-refractivity contribution in [3.8, 4) is 0 Å². The molecule has 0 bridgehead atoms. The number of aryl methyl sites for hydroxylation is 2. The molecule has 1 aliphatic carbocycles. The first-order chi connectivity index (χ1) is 13.6. The molecule has 2 aromatic heterocycles. The molecule has 1 aliphatic heterocycles. The highest BCUT2D eigenvalue weighted by Crippen LogP contribution is 2.34. The Bertz CT molecular complexity index is 1150. The lowest BCUT2D eigenvalue weighted by Crippen LogP contribution is -2.32. The van der Waals surface area contributed by atoms with Crippen LogP contribution in [0.3, 0.4) is 0 Å². The van der Waals surface area contributed by atoms with Gasteiger partial charge in [-0.1, -0.05) is 29.2 Å². The molecule has 1 aromatic carbocycles. The Hall–Kier alpha value is -2.19. The van der Waals surface area contributed by atoms with E-state index in [0.29, 0.717) is 10.9 Å². The Balaban J connectivity index is 1.36. The van der Waals surface area contributed by atoms with E-state index in [1.54, 1.807) is 16.3 Å². The zero-order chi connectivity index (χ0) is 19.3. The number of anilines is 1. The van der Waals surface area contributed by atoms with Crippen molar-refractivity contribution in [3.63, 3.8) is 0 Å². The molecule has 3 heterocycles. The van der Waals surface area contributed by atoms with Crippen molar-refractivity contribution in [1.82, 2.24) is 14.5 Å². The summed E-state index contributed by atoms with van der Waals surface area (Å²) in [6, 6.07) is 5.90. The molecule has 8 heteroatoms. The minimum Gasteiger partial charge on any atom is -0.302 e. The van der Waals surface area contributed by atoms with Crippen molar-refractivity contribution >= 4 is 44.4 Å². The van der Waals surface area contributed by atoms with Crippen LogP contribution in [0.4, 0.5) is 5.13 Å². The molecule has 1 amide bonds. The van der Waals surface area contributed by atoms with Crippen LogP contribution in [0, 0.1) is 6.92 Å². The number of aromatic nitrogens is 3. The van der Waals surface area contributed by atoms with Crippen molar-refractivity contribution < 1.29 is 4.79 Å². The van der Waals surface area contributed by atoms with Gasteiger partial charge in [0.25, 0.3) is 5.56 Å². The Kier molecular flexibility index (Phi) is 4.47. The number of thioether (sulfide) groups is 1. The minimum atomic E-state index is -0.149. The molecule has 6 nitrogen and oxygen atoms in total. The van der Waals surface area contributed by atoms with E-state index in [2.05, 4.69) is 16.4 Å². The van der Waals surface area contributed by atoms with Crippen molar-refractivity contribution in [2.45, 2.75) is 50.2 Å². The monoisotopic (exact) mass is 412 g/mol. The van der Waals surface area contributed by atoms with Crippen LogP contribution < -0.4 is 10.9 Å². The maximum Gasteiger partial charge on any atom is 0.257 e. The standard InChI is InChI=1S/C20H20N4O2S2/c1-11-6-7-15-16(8-11)28-19(21-15)23-17(25)9-12-10-27-20-22-14-5-3-2-4-13(14)18(26)24(12)20/h6-8,12H,2-5,9-10H2,1H3,(H,21,23,25). The zero-order valence-corrected chi connectivity index (χ0v) is 17.2. The molecular weight excluding hydrogens is 392 g/mol. The van der Waals surface area contributed by atoms with Crippen LogP contribution in [-0.2, 0) is 17.6 Å². The van der Waals surface area contributed by atoms with Gasteiger partial charge in [0.15, 0.2) is 10.3 Å². The summed E-state index contributed by atoms with van der Waals surface area (Å²) in [6.45, 7) is 2.04. The molecule has 3 aromatic rings. The topological polar surface area (TPSA) is 76.9 Å². The summed E-state index contributed by atoms with van der Waals surface area (Å²) in [7, 11) is 0. The van der Waals surface area contributed by atoms with Gasteiger partial charge in [-0.15, -0.1) is 0 Å². The van der Waals surface area contributed by atoms with Gasteiger partial charge in [0.2, 0.25) is 5.91 Å². The number of nitrogens with zero attached hydrogens (tertiary/aromatic N) is 3. The van der Waals surface area contributed by atoms with E-state index < -0.39 is 0 Å². The maximum atomic E-state index is 13.0. The van der Waals surface area contributed by atoms with Crippen LogP contribution in [0.15, 0.2) is 28.2 Å². The third-order valence-corrected chi connectivity index (χ3v) is 7.36. The van der Waals surface area contributed by atoms with Crippen molar-refractivity contribution in [1.29, 1.82) is 0 Å². The van der Waals surface area contributed by atoms with Gasteiger partial charge >= 0.3 is 0 Å². The second-order valence-electron chi connectivity index (χ2n) is 7.41. The van der Waals surface area contributed by atoms with E-state index in [0.717, 1.165) is 52.3 Å². The van der Waals surface area contributed by atoms with Crippen molar-refractivity contribution in [2.24, 2.45) is 0 Å². The predicted molar refractivity (Wildman–Crippen MR) is 113 cm³/mol. The number of rotatable bonds is 3. The van der Waals surface area contributed by atoms with Crippen molar-refractivity contribution in [3.05, 3.63) is 45.4 Å². The average Bonchev–Trinajstić information content (AvgIpc) is 3.25. The van der Waals surface area contributed by atoms with Crippen molar-refractivity contribution in [2.75, 3.05) is 11.1 Å². The fraction of sp³-hybridized carbons (Fsp3) is 0.400. The number of benzene rings is 1. The lowest BCUT2D eigenvalue weighted by atomic mass is 9.97. The minimum absolute atomic E-state index is 0.0537. The lowest BCUT2D eigenvalue weighted by molar-refractivity contribution is -0.116. The largest absolute Gasteiger partial charge is 0.302 e. The van der Waals surface area contributed by atoms with Crippen LogP contribution in [0.25, 0.3) is 10.2 Å². The second-order valence-corrected chi connectivity index (χ2v) is 9.43. The number of carbonyl (C=O) groups excluding carboxylic acids is 1. The van der Waals surface area contributed by atoms with Gasteiger partial charge in [-0.25, -0.2) is 9.97 Å². The average molecular weight is 413 g/mol. The summed E-state index contributed by atoms with van der Waals surface area (Å²) in [4.78, 5) is 34.8. The van der Waals surface area contributed by atoms with Gasteiger partial charge < -0.3 is 5.32 Å². The number of hydrogen-bond donors (Lipinski definition) is 1. The summed E-state index contributed by atoms with van der Waals surface area (Å²) in [5.41, 5.74) is 3.93. The van der Waals surface area contributed by atoms with Crippen LogP contribution >= 0.6 is 23.1 Å². The van der Waals surface area contributed by atoms with Crippen LogP contribution in [0.2, 0.25) is 0 Å². The predicted octanol–water partition coefficient (Wildman–Crippen LogP) is 3.72. The lowest BCUT2D eigenvalue weighted by Gasteiger charge is -2.18. The highest BCUT2D eigenvalue weighted by molar-refractivity contribution is 7.99. The third kappa shape index (κ3) is 3.14. The van der Waals surface area contributed by atoms with Gasteiger partial charge in [-0.05, 0) is 50.3 Å². The van der Waals surface area contributed by atoms with E-state index >= 15 is 0 Å². The summed E-state index contributed by atoms with van der Waals surface area (Å²) in [5, 5.41) is 4.28. The summed E-state index contributed by atoms with van der Waals surface area (Å²) in [5.74, 6) is 0.594. The van der Waals surface area contributed by atoms with Gasteiger partial charge in [0.1, 0.15) is 0 Å². The fourth-order valence-corrected chi connectivity index (χ4v) is 6.07. The first kappa shape index (κ1) is 17.9. The highest BCUT2D eigenvalue weighted by atomic mass is 32.2. The number of thiazole rings is 1. The summed E-state index contributed by atoms with van der Waals surface area (Å²) >= 11 is 3.05. The van der Waals surface area contributed by atoms with E-state index in [-0.39, 0.29) is 23.9 Å². The van der Waals surface area contributed by atoms with Crippen LogP contribution in [0.5, 0.6) is 0 Å². The number of nitrogens with one attached hydrogen (secondary N) is 1. The fourth-order valence-electron chi connectivity index (χ4n) is 3.93.